The molecule has 0 atom stereocenters. The van der Waals surface area contributed by atoms with Gasteiger partial charge in [-0.15, -0.1) is 11.8 Å². The number of carbonyl (C=O) groups is 1. The Bertz CT molecular complexity index is 1100. The summed E-state index contributed by atoms with van der Waals surface area (Å²) in [5.74, 6) is 1.90. The number of aromatic nitrogens is 1. The fourth-order valence-corrected chi connectivity index (χ4v) is 5.15. The highest BCUT2D eigenvalue weighted by atomic mass is 32.2. The molecule has 2 heterocycles. The number of rotatable bonds is 8. The molecule has 4 nitrogen and oxygen atoms in total. The van der Waals surface area contributed by atoms with Crippen molar-refractivity contribution in [2.75, 3.05) is 10.7 Å². The largest absolute Gasteiger partial charge is 0.467 e. The molecule has 0 fully saturated rings. The minimum atomic E-state index is 0.0555. The zero-order chi connectivity index (χ0) is 20.9. The van der Waals surface area contributed by atoms with E-state index in [-0.39, 0.29) is 5.91 Å². The molecule has 0 spiro atoms. The standard InChI is InChI=1S/C24H24N2O2S2/c1-17(2)20-11-6-12-21-23(20)25-24(30-21)26(16-18-8-7-14-28-18)22(27)13-15-29-19-9-4-3-5-10-19/h3-12,14,17H,13,15-16H2,1-2H3. The molecule has 2 aromatic carbocycles. The fourth-order valence-electron chi connectivity index (χ4n) is 3.27. The van der Waals surface area contributed by atoms with Crippen molar-refractivity contribution in [2.24, 2.45) is 0 Å². The third-order valence-electron chi connectivity index (χ3n) is 4.81. The Morgan fingerprint density at radius 2 is 1.93 bits per heavy atom. The van der Waals surface area contributed by atoms with Gasteiger partial charge in [0.05, 0.1) is 23.0 Å². The van der Waals surface area contributed by atoms with E-state index in [1.807, 2.05) is 30.3 Å². The van der Waals surface area contributed by atoms with Gasteiger partial charge in [0.2, 0.25) is 5.91 Å². The van der Waals surface area contributed by atoms with Gasteiger partial charge in [0, 0.05) is 17.1 Å². The smallest absolute Gasteiger partial charge is 0.230 e. The summed E-state index contributed by atoms with van der Waals surface area (Å²) in [7, 11) is 0. The van der Waals surface area contributed by atoms with Gasteiger partial charge in [0.1, 0.15) is 5.76 Å². The molecule has 0 radical (unpaired) electrons. The average molecular weight is 437 g/mol. The van der Waals surface area contributed by atoms with E-state index >= 15 is 0 Å². The summed E-state index contributed by atoms with van der Waals surface area (Å²) < 4.78 is 6.63. The van der Waals surface area contributed by atoms with Crippen LogP contribution < -0.4 is 4.90 Å². The number of amides is 1. The highest BCUT2D eigenvalue weighted by Gasteiger charge is 2.22. The van der Waals surface area contributed by atoms with E-state index < -0.39 is 0 Å². The molecule has 30 heavy (non-hydrogen) atoms. The second-order valence-corrected chi connectivity index (χ2v) is 9.49. The van der Waals surface area contributed by atoms with Gasteiger partial charge >= 0.3 is 0 Å². The highest BCUT2D eigenvalue weighted by Crippen LogP contribution is 2.34. The Kier molecular flexibility index (Phi) is 6.55. The number of furan rings is 1. The van der Waals surface area contributed by atoms with Crippen LogP contribution in [0.2, 0.25) is 0 Å². The number of carbonyl (C=O) groups excluding carboxylic acids is 1. The second-order valence-electron chi connectivity index (χ2n) is 7.32. The predicted molar refractivity (Wildman–Crippen MR) is 125 cm³/mol. The monoisotopic (exact) mass is 436 g/mol. The molecule has 4 rings (SSSR count). The van der Waals surface area contributed by atoms with Crippen LogP contribution in [0.3, 0.4) is 0 Å². The molecule has 0 saturated heterocycles. The number of anilines is 1. The second kappa shape index (κ2) is 9.49. The third kappa shape index (κ3) is 4.77. The first kappa shape index (κ1) is 20.7. The van der Waals surface area contributed by atoms with Crippen molar-refractivity contribution < 1.29 is 9.21 Å². The van der Waals surface area contributed by atoms with Gasteiger partial charge in [0.15, 0.2) is 5.13 Å². The first-order chi connectivity index (χ1) is 14.6. The van der Waals surface area contributed by atoms with E-state index in [0.29, 0.717) is 18.9 Å². The van der Waals surface area contributed by atoms with Crippen LogP contribution in [0.4, 0.5) is 5.13 Å². The third-order valence-corrected chi connectivity index (χ3v) is 6.87. The molecular weight excluding hydrogens is 412 g/mol. The van der Waals surface area contributed by atoms with Crippen LogP contribution in [-0.4, -0.2) is 16.6 Å². The van der Waals surface area contributed by atoms with Crippen LogP contribution in [0.25, 0.3) is 10.2 Å². The van der Waals surface area contributed by atoms with Crippen molar-refractivity contribution in [1.82, 2.24) is 4.98 Å². The molecular formula is C24H24N2O2S2. The topological polar surface area (TPSA) is 46.3 Å². The van der Waals surface area contributed by atoms with Crippen LogP contribution in [0, 0.1) is 0 Å². The first-order valence-electron chi connectivity index (χ1n) is 10.0. The van der Waals surface area contributed by atoms with E-state index in [0.717, 1.165) is 26.9 Å². The quantitative estimate of drug-likeness (QED) is 0.287. The maximum absolute atomic E-state index is 13.2. The van der Waals surface area contributed by atoms with Gasteiger partial charge < -0.3 is 4.42 Å². The van der Waals surface area contributed by atoms with Gasteiger partial charge in [-0.2, -0.15) is 0 Å². The summed E-state index contributed by atoms with van der Waals surface area (Å²) in [6.45, 7) is 4.72. The Balaban J connectivity index is 1.57. The van der Waals surface area contributed by atoms with Crippen molar-refractivity contribution >= 4 is 44.4 Å². The van der Waals surface area contributed by atoms with Crippen LogP contribution in [-0.2, 0) is 11.3 Å². The van der Waals surface area contributed by atoms with Crippen LogP contribution in [0.5, 0.6) is 0 Å². The molecule has 1 amide bonds. The van der Waals surface area contributed by atoms with E-state index in [4.69, 9.17) is 9.40 Å². The van der Waals surface area contributed by atoms with Gasteiger partial charge in [-0.3, -0.25) is 9.69 Å². The Morgan fingerprint density at radius 1 is 1.10 bits per heavy atom. The Morgan fingerprint density at radius 3 is 2.67 bits per heavy atom. The van der Waals surface area contributed by atoms with Gasteiger partial charge in [-0.1, -0.05) is 55.5 Å². The van der Waals surface area contributed by atoms with Gasteiger partial charge in [-0.25, -0.2) is 4.98 Å². The minimum absolute atomic E-state index is 0.0555. The number of hydrogen-bond acceptors (Lipinski definition) is 5. The highest BCUT2D eigenvalue weighted by molar-refractivity contribution is 7.99. The zero-order valence-electron chi connectivity index (χ0n) is 17.1. The molecule has 2 aromatic heterocycles. The normalized spacial score (nSPS) is 11.3. The number of nitrogens with zero attached hydrogens (tertiary/aromatic N) is 2. The lowest BCUT2D eigenvalue weighted by Crippen LogP contribution is -2.30. The molecule has 0 aliphatic carbocycles. The maximum Gasteiger partial charge on any atom is 0.230 e. The van der Waals surface area contributed by atoms with E-state index in [1.54, 1.807) is 34.3 Å². The number of hydrogen-bond donors (Lipinski definition) is 0. The van der Waals surface area contributed by atoms with Crippen LogP contribution in [0.1, 0.15) is 37.5 Å². The number of thiazole rings is 1. The van der Waals surface area contributed by atoms with Crippen LogP contribution in [0.15, 0.2) is 76.2 Å². The number of fused-ring (bicyclic) bond motifs is 1. The lowest BCUT2D eigenvalue weighted by molar-refractivity contribution is -0.118. The molecule has 0 N–H and O–H groups in total. The molecule has 0 aliphatic heterocycles. The lowest BCUT2D eigenvalue weighted by Gasteiger charge is -2.18. The van der Waals surface area contributed by atoms with Gasteiger partial charge in [0.25, 0.3) is 0 Å². The Hall–Kier alpha value is -2.57. The minimum Gasteiger partial charge on any atom is -0.467 e. The van der Waals surface area contributed by atoms with Crippen molar-refractivity contribution in [3.05, 3.63) is 78.3 Å². The SMILES string of the molecule is CC(C)c1cccc2sc(N(Cc3ccco3)C(=O)CCSc3ccccc3)nc12. The number of thioether (sulfide) groups is 1. The summed E-state index contributed by atoms with van der Waals surface area (Å²) in [6, 6.07) is 20.2. The molecule has 154 valence electrons. The molecule has 4 aromatic rings. The van der Waals surface area contributed by atoms with Crippen molar-refractivity contribution in [2.45, 2.75) is 37.6 Å². The molecule has 0 saturated carbocycles. The maximum atomic E-state index is 13.2. The zero-order valence-corrected chi connectivity index (χ0v) is 18.7. The summed E-state index contributed by atoms with van der Waals surface area (Å²) in [4.78, 5) is 21.0. The molecule has 0 aliphatic rings. The summed E-state index contributed by atoms with van der Waals surface area (Å²) in [6.07, 6.45) is 2.08. The van der Waals surface area contributed by atoms with E-state index in [9.17, 15) is 4.79 Å². The molecule has 0 unspecified atom stereocenters. The summed E-state index contributed by atoms with van der Waals surface area (Å²) >= 11 is 3.26. The fraction of sp³-hybridized carbons (Fsp3) is 0.250. The average Bonchev–Trinajstić information content (AvgIpc) is 3.41. The van der Waals surface area contributed by atoms with Crippen molar-refractivity contribution in [1.29, 1.82) is 0 Å². The van der Waals surface area contributed by atoms with Crippen LogP contribution >= 0.6 is 23.1 Å². The molecule has 0 bridgehead atoms. The number of para-hydroxylation sites is 1. The van der Waals surface area contributed by atoms with Crippen molar-refractivity contribution in [3.8, 4) is 0 Å². The predicted octanol–water partition coefficient (Wildman–Crippen LogP) is 6.73. The lowest BCUT2D eigenvalue weighted by atomic mass is 10.0. The molecule has 6 heteroatoms. The summed E-state index contributed by atoms with van der Waals surface area (Å²) in [5, 5.41) is 0.726. The Labute approximate surface area is 184 Å². The van der Waals surface area contributed by atoms with E-state index in [2.05, 4.69) is 44.2 Å². The van der Waals surface area contributed by atoms with Gasteiger partial charge in [-0.05, 0) is 41.8 Å². The summed E-state index contributed by atoms with van der Waals surface area (Å²) in [5.41, 5.74) is 2.20. The van der Waals surface area contributed by atoms with Crippen molar-refractivity contribution in [3.63, 3.8) is 0 Å². The number of benzene rings is 2. The first-order valence-corrected chi connectivity index (χ1v) is 11.8. The van der Waals surface area contributed by atoms with E-state index in [1.165, 1.54) is 10.5 Å².